The topological polar surface area (TPSA) is 33.7 Å². The van der Waals surface area contributed by atoms with Crippen LogP contribution in [0.3, 0.4) is 0 Å². The van der Waals surface area contributed by atoms with Crippen molar-refractivity contribution in [1.29, 1.82) is 0 Å². The molecule has 0 fully saturated rings. The van der Waals surface area contributed by atoms with Gasteiger partial charge in [-0.15, -0.1) is 0 Å². The maximum absolute atomic E-state index is 6.01. The Morgan fingerprint density at radius 2 is 2.04 bits per heavy atom. The fourth-order valence-corrected chi connectivity index (χ4v) is 3.58. The minimum absolute atomic E-state index is 0.170. The van der Waals surface area contributed by atoms with Crippen molar-refractivity contribution in [2.24, 2.45) is 0 Å². The highest BCUT2D eigenvalue weighted by molar-refractivity contribution is 9.10. The van der Waals surface area contributed by atoms with Gasteiger partial charge in [-0.1, -0.05) is 28.1 Å². The van der Waals surface area contributed by atoms with Crippen LogP contribution in [0.2, 0.25) is 0 Å². The quantitative estimate of drug-likeness (QED) is 0.796. The number of hydrogen-bond donors (Lipinski definition) is 1. The van der Waals surface area contributed by atoms with E-state index in [1.807, 2.05) is 14.1 Å². The second-order valence-corrected chi connectivity index (χ2v) is 7.46. The van der Waals surface area contributed by atoms with Crippen molar-refractivity contribution in [2.45, 2.75) is 12.5 Å². The average Bonchev–Trinajstić information content (AvgIpc) is 2.60. The SMILES string of the molecule is COc1cc2c(cc1OCCN(C)C)C(c1cccc(Br)c1)NCC2. The van der Waals surface area contributed by atoms with Gasteiger partial charge in [-0.25, -0.2) is 0 Å². The summed E-state index contributed by atoms with van der Waals surface area (Å²) in [6, 6.07) is 12.9. The van der Waals surface area contributed by atoms with Gasteiger partial charge in [-0.2, -0.15) is 0 Å². The third-order valence-corrected chi connectivity index (χ3v) is 4.95. The predicted octanol–water partition coefficient (Wildman–Crippen LogP) is 3.63. The number of halogens is 1. The summed E-state index contributed by atoms with van der Waals surface area (Å²) in [4.78, 5) is 2.11. The van der Waals surface area contributed by atoms with Gasteiger partial charge in [-0.05, 0) is 61.5 Å². The molecule has 0 saturated carbocycles. The van der Waals surface area contributed by atoms with Crippen molar-refractivity contribution in [1.82, 2.24) is 10.2 Å². The second-order valence-electron chi connectivity index (χ2n) is 6.55. The molecule has 134 valence electrons. The number of fused-ring (bicyclic) bond motifs is 1. The molecule has 4 nitrogen and oxygen atoms in total. The van der Waals surface area contributed by atoms with Crippen molar-refractivity contribution >= 4 is 15.9 Å². The summed E-state index contributed by atoms with van der Waals surface area (Å²) in [5.74, 6) is 1.62. The maximum atomic E-state index is 6.01. The first-order valence-electron chi connectivity index (χ1n) is 8.55. The molecule has 1 atom stereocenters. The zero-order valence-electron chi connectivity index (χ0n) is 15.0. The van der Waals surface area contributed by atoms with Crippen LogP contribution in [0.25, 0.3) is 0 Å². The van der Waals surface area contributed by atoms with Gasteiger partial charge in [0.05, 0.1) is 13.2 Å². The molecule has 1 N–H and O–H groups in total. The smallest absolute Gasteiger partial charge is 0.161 e. The number of nitrogens with one attached hydrogen (secondary N) is 1. The molecule has 5 heteroatoms. The summed E-state index contributed by atoms with van der Waals surface area (Å²) in [5, 5.41) is 3.63. The van der Waals surface area contributed by atoms with Gasteiger partial charge in [0.25, 0.3) is 0 Å². The van der Waals surface area contributed by atoms with Crippen molar-refractivity contribution in [2.75, 3.05) is 40.9 Å². The van der Waals surface area contributed by atoms with Gasteiger partial charge >= 0.3 is 0 Å². The molecule has 0 saturated heterocycles. The zero-order valence-corrected chi connectivity index (χ0v) is 16.6. The fourth-order valence-electron chi connectivity index (χ4n) is 3.16. The van der Waals surface area contributed by atoms with Crippen LogP contribution in [0, 0.1) is 0 Å². The summed E-state index contributed by atoms with van der Waals surface area (Å²) in [6.45, 7) is 2.46. The maximum Gasteiger partial charge on any atom is 0.161 e. The molecule has 0 aliphatic carbocycles. The van der Waals surface area contributed by atoms with E-state index >= 15 is 0 Å². The zero-order chi connectivity index (χ0) is 17.8. The highest BCUT2D eigenvalue weighted by Crippen LogP contribution is 2.38. The van der Waals surface area contributed by atoms with E-state index in [1.54, 1.807) is 7.11 Å². The average molecular weight is 405 g/mol. The molecule has 0 spiro atoms. The standard InChI is InChI=1S/C20H25BrN2O2/c1-23(2)9-10-25-19-13-17-14(12-18(19)24-3)7-8-22-20(17)15-5-4-6-16(21)11-15/h4-6,11-13,20,22H,7-10H2,1-3H3. The van der Waals surface area contributed by atoms with Gasteiger partial charge in [0.1, 0.15) is 6.61 Å². The second kappa shape index (κ2) is 8.21. The minimum Gasteiger partial charge on any atom is -0.493 e. The van der Waals surface area contributed by atoms with E-state index in [4.69, 9.17) is 9.47 Å². The molecular formula is C20H25BrN2O2. The fraction of sp³-hybridized carbons (Fsp3) is 0.400. The van der Waals surface area contributed by atoms with Gasteiger partial charge in [-0.3, -0.25) is 0 Å². The lowest BCUT2D eigenvalue weighted by molar-refractivity contribution is 0.250. The number of rotatable bonds is 6. The van der Waals surface area contributed by atoms with Crippen molar-refractivity contribution in [3.05, 3.63) is 57.6 Å². The number of ether oxygens (including phenoxy) is 2. The first-order valence-corrected chi connectivity index (χ1v) is 9.35. The number of likely N-dealkylation sites (N-methyl/N-ethyl adjacent to an activating group) is 1. The van der Waals surface area contributed by atoms with Gasteiger partial charge in [0.15, 0.2) is 11.5 Å². The Morgan fingerprint density at radius 3 is 2.76 bits per heavy atom. The van der Waals surface area contributed by atoms with Crippen molar-refractivity contribution in [3.8, 4) is 11.5 Å². The van der Waals surface area contributed by atoms with E-state index < -0.39 is 0 Å². The normalized spacial score (nSPS) is 16.6. The van der Waals surface area contributed by atoms with E-state index in [1.165, 1.54) is 16.7 Å². The van der Waals surface area contributed by atoms with E-state index in [-0.39, 0.29) is 6.04 Å². The highest BCUT2D eigenvalue weighted by atomic mass is 79.9. The van der Waals surface area contributed by atoms with E-state index in [9.17, 15) is 0 Å². The van der Waals surface area contributed by atoms with Gasteiger partial charge < -0.3 is 19.7 Å². The third kappa shape index (κ3) is 4.35. The molecule has 25 heavy (non-hydrogen) atoms. The van der Waals surface area contributed by atoms with Crippen LogP contribution in [0.1, 0.15) is 22.7 Å². The lowest BCUT2D eigenvalue weighted by Gasteiger charge is -2.29. The molecule has 2 aromatic carbocycles. The van der Waals surface area contributed by atoms with E-state index in [0.717, 1.165) is 35.5 Å². The van der Waals surface area contributed by atoms with E-state index in [0.29, 0.717) is 6.61 Å². The number of benzene rings is 2. The summed E-state index contributed by atoms with van der Waals surface area (Å²) >= 11 is 3.58. The van der Waals surface area contributed by atoms with Crippen molar-refractivity contribution < 1.29 is 9.47 Å². The van der Waals surface area contributed by atoms with E-state index in [2.05, 4.69) is 62.5 Å². The summed E-state index contributed by atoms with van der Waals surface area (Å²) in [5.41, 5.74) is 3.84. The molecular weight excluding hydrogens is 380 g/mol. The molecule has 0 aromatic heterocycles. The summed E-state index contributed by atoms with van der Waals surface area (Å²) in [7, 11) is 5.79. The Kier molecular flexibility index (Phi) is 5.99. The molecule has 1 aliphatic rings. The molecule has 3 rings (SSSR count). The number of methoxy groups -OCH3 is 1. The Morgan fingerprint density at radius 1 is 1.20 bits per heavy atom. The lowest BCUT2D eigenvalue weighted by Crippen LogP contribution is -2.30. The molecule has 0 radical (unpaired) electrons. The number of nitrogens with zero attached hydrogens (tertiary/aromatic N) is 1. The Hall–Kier alpha value is -1.56. The Bertz CT molecular complexity index is 734. The van der Waals surface area contributed by atoms with Crippen LogP contribution in [-0.4, -0.2) is 45.8 Å². The molecule has 0 bridgehead atoms. The van der Waals surface area contributed by atoms with Crippen LogP contribution < -0.4 is 14.8 Å². The number of hydrogen-bond acceptors (Lipinski definition) is 4. The molecule has 1 heterocycles. The Labute approximate surface area is 158 Å². The largest absolute Gasteiger partial charge is 0.493 e. The molecule has 1 aliphatic heterocycles. The lowest BCUT2D eigenvalue weighted by atomic mass is 9.89. The van der Waals surface area contributed by atoms with Gasteiger partial charge in [0.2, 0.25) is 0 Å². The van der Waals surface area contributed by atoms with Crippen molar-refractivity contribution in [3.63, 3.8) is 0 Å². The van der Waals surface area contributed by atoms with Crippen LogP contribution in [0.5, 0.6) is 11.5 Å². The molecule has 2 aromatic rings. The van der Waals surface area contributed by atoms with Crippen LogP contribution in [0.15, 0.2) is 40.9 Å². The predicted molar refractivity (Wildman–Crippen MR) is 105 cm³/mol. The minimum atomic E-state index is 0.170. The first-order chi connectivity index (χ1) is 12.1. The Balaban J connectivity index is 1.94. The van der Waals surface area contributed by atoms with Crippen LogP contribution in [-0.2, 0) is 6.42 Å². The summed E-state index contributed by atoms with van der Waals surface area (Å²) in [6.07, 6.45) is 0.994. The third-order valence-electron chi connectivity index (χ3n) is 4.46. The summed E-state index contributed by atoms with van der Waals surface area (Å²) < 4.78 is 12.7. The first kappa shape index (κ1) is 18.2. The highest BCUT2D eigenvalue weighted by Gasteiger charge is 2.24. The molecule has 1 unspecified atom stereocenters. The van der Waals surface area contributed by atoms with Crippen LogP contribution >= 0.6 is 15.9 Å². The van der Waals surface area contributed by atoms with Gasteiger partial charge in [0, 0.05) is 17.6 Å². The van der Waals surface area contributed by atoms with Crippen LogP contribution in [0.4, 0.5) is 0 Å². The molecule has 0 amide bonds. The monoisotopic (exact) mass is 404 g/mol.